The number of aryl methyl sites for hydroxylation is 2. The van der Waals surface area contributed by atoms with Crippen molar-refractivity contribution in [1.82, 2.24) is 0 Å². The van der Waals surface area contributed by atoms with Gasteiger partial charge in [-0.1, -0.05) is 87.1 Å². The standard InChI is InChI=1S/2C12H18N.2BrH.Hf/c2*1-4-5-9-13-12-8-6-7-10(2)11(12)3;;;/h2*6-8H,4-5,9H2,1-3H3;2*1H;/q2*-1;;;+4/p-2. The molecule has 2 aromatic carbocycles. The molecular formula is C24H36Br2HfN2. The summed E-state index contributed by atoms with van der Waals surface area (Å²) in [7, 11) is 0. The van der Waals surface area contributed by atoms with Crippen LogP contribution in [0.5, 0.6) is 0 Å². The van der Waals surface area contributed by atoms with E-state index < -0.39 is 0 Å². The van der Waals surface area contributed by atoms with Crippen molar-refractivity contribution in [2.24, 2.45) is 0 Å². The topological polar surface area (TPSA) is 28.2 Å². The molecule has 160 valence electrons. The first-order valence-corrected chi connectivity index (χ1v) is 9.98. The van der Waals surface area contributed by atoms with E-state index in [1.165, 1.54) is 47.9 Å². The molecule has 2 aromatic rings. The fourth-order valence-electron chi connectivity index (χ4n) is 2.53. The Morgan fingerprint density at radius 1 is 0.621 bits per heavy atom. The number of benzene rings is 2. The SMILES string of the molecule is CCCC[N-]c1cccc(C)c1C.CCCC[N-]c1cccc(C)c1C.[Br-].[Br-].[Hf+4]. The molecule has 0 radical (unpaired) electrons. The van der Waals surface area contributed by atoms with E-state index >= 15 is 0 Å². The van der Waals surface area contributed by atoms with Crippen molar-refractivity contribution in [3.05, 3.63) is 69.3 Å². The van der Waals surface area contributed by atoms with Gasteiger partial charge in [0.15, 0.2) is 0 Å². The third-order valence-electron chi connectivity index (χ3n) is 4.74. The maximum Gasteiger partial charge on any atom is 4.00 e. The van der Waals surface area contributed by atoms with Gasteiger partial charge in [0.1, 0.15) is 0 Å². The molecule has 0 fully saturated rings. The zero-order chi connectivity index (χ0) is 19.4. The Balaban J connectivity index is -0.000000422. The zero-order valence-electron chi connectivity index (χ0n) is 18.9. The number of hydrogen-bond donors (Lipinski definition) is 0. The molecule has 0 spiro atoms. The van der Waals surface area contributed by atoms with E-state index in [2.05, 4.69) is 88.6 Å². The van der Waals surface area contributed by atoms with Gasteiger partial charge in [-0.05, 0) is 38.8 Å². The Labute approximate surface area is 219 Å². The number of unbranched alkanes of at least 4 members (excludes halogenated alkanes) is 2. The summed E-state index contributed by atoms with van der Waals surface area (Å²) in [6.07, 6.45) is 4.81. The van der Waals surface area contributed by atoms with Gasteiger partial charge < -0.3 is 44.6 Å². The Morgan fingerprint density at radius 2 is 0.966 bits per heavy atom. The van der Waals surface area contributed by atoms with Gasteiger partial charge >= 0.3 is 25.8 Å². The molecule has 0 atom stereocenters. The quantitative estimate of drug-likeness (QED) is 0.301. The van der Waals surface area contributed by atoms with E-state index in [9.17, 15) is 0 Å². The monoisotopic (exact) mass is 690 g/mol. The minimum atomic E-state index is 0. The molecular weight excluding hydrogens is 655 g/mol. The van der Waals surface area contributed by atoms with Crippen LogP contribution in [-0.4, -0.2) is 13.1 Å². The summed E-state index contributed by atoms with van der Waals surface area (Å²) in [5.41, 5.74) is 7.62. The predicted octanol–water partition coefficient (Wildman–Crippen LogP) is 2.22. The van der Waals surface area contributed by atoms with Gasteiger partial charge in [0, 0.05) is 0 Å². The minimum Gasteiger partial charge on any atom is -1.00 e. The van der Waals surface area contributed by atoms with Gasteiger partial charge in [0.25, 0.3) is 0 Å². The molecule has 0 aliphatic carbocycles. The third-order valence-corrected chi connectivity index (χ3v) is 4.74. The molecule has 0 heterocycles. The molecule has 0 N–H and O–H groups in total. The van der Waals surface area contributed by atoms with Gasteiger partial charge in [-0.25, -0.2) is 0 Å². The first kappa shape index (κ1) is 33.5. The molecule has 29 heavy (non-hydrogen) atoms. The van der Waals surface area contributed by atoms with Crippen molar-refractivity contribution in [1.29, 1.82) is 0 Å². The van der Waals surface area contributed by atoms with Crippen LogP contribution in [0, 0.1) is 27.7 Å². The minimum absolute atomic E-state index is 0. The maximum absolute atomic E-state index is 4.56. The molecule has 0 bridgehead atoms. The van der Waals surface area contributed by atoms with Crippen LogP contribution < -0.4 is 34.0 Å². The summed E-state index contributed by atoms with van der Waals surface area (Å²) in [6, 6.07) is 12.6. The van der Waals surface area contributed by atoms with Crippen molar-refractivity contribution in [3.8, 4) is 0 Å². The van der Waals surface area contributed by atoms with Crippen molar-refractivity contribution in [3.63, 3.8) is 0 Å². The Kier molecular flexibility index (Phi) is 22.9. The van der Waals surface area contributed by atoms with Crippen LogP contribution in [-0.2, 0) is 25.8 Å². The Morgan fingerprint density at radius 3 is 1.28 bits per heavy atom. The fourth-order valence-corrected chi connectivity index (χ4v) is 2.53. The number of hydrogen-bond acceptors (Lipinski definition) is 0. The van der Waals surface area contributed by atoms with E-state index in [0.29, 0.717) is 0 Å². The maximum atomic E-state index is 4.56. The summed E-state index contributed by atoms with van der Waals surface area (Å²) < 4.78 is 0. The summed E-state index contributed by atoms with van der Waals surface area (Å²) in [5.74, 6) is 0. The number of halogens is 2. The van der Waals surface area contributed by atoms with Crippen LogP contribution in [0.25, 0.3) is 10.6 Å². The van der Waals surface area contributed by atoms with E-state index in [1.807, 2.05) is 0 Å². The predicted molar refractivity (Wildman–Crippen MR) is 117 cm³/mol. The molecule has 0 amide bonds. The number of nitrogens with zero attached hydrogens (tertiary/aromatic N) is 2. The van der Waals surface area contributed by atoms with Crippen molar-refractivity contribution in [2.45, 2.75) is 67.2 Å². The summed E-state index contributed by atoms with van der Waals surface area (Å²) in [5, 5.41) is 9.11. The Bertz CT molecular complexity index is 606. The van der Waals surface area contributed by atoms with Crippen LogP contribution in [0.3, 0.4) is 0 Å². The molecule has 0 saturated heterocycles. The summed E-state index contributed by atoms with van der Waals surface area (Å²) in [6.45, 7) is 14.8. The second-order valence-electron chi connectivity index (χ2n) is 6.91. The smallest absolute Gasteiger partial charge is 1.00 e. The summed E-state index contributed by atoms with van der Waals surface area (Å²) in [4.78, 5) is 0. The van der Waals surface area contributed by atoms with Crippen LogP contribution in [0.15, 0.2) is 36.4 Å². The largest absolute Gasteiger partial charge is 4.00 e. The number of rotatable bonds is 8. The first-order chi connectivity index (χ1) is 12.5. The van der Waals surface area contributed by atoms with Gasteiger partial charge in [0.05, 0.1) is 0 Å². The average Bonchev–Trinajstić information content (AvgIpc) is 2.63. The van der Waals surface area contributed by atoms with Crippen LogP contribution >= 0.6 is 0 Å². The van der Waals surface area contributed by atoms with Gasteiger partial charge in [-0.3, -0.25) is 0 Å². The van der Waals surface area contributed by atoms with E-state index in [4.69, 9.17) is 0 Å². The van der Waals surface area contributed by atoms with Gasteiger partial charge in [-0.15, -0.1) is 24.5 Å². The second kappa shape index (κ2) is 19.8. The second-order valence-corrected chi connectivity index (χ2v) is 6.91. The molecule has 2 rings (SSSR count). The van der Waals surface area contributed by atoms with Crippen LogP contribution in [0.4, 0.5) is 11.4 Å². The molecule has 0 aromatic heterocycles. The normalized spacial score (nSPS) is 9.03. The molecule has 0 aliphatic rings. The van der Waals surface area contributed by atoms with Gasteiger partial charge in [0.2, 0.25) is 0 Å². The molecule has 0 unspecified atom stereocenters. The molecule has 2 nitrogen and oxygen atoms in total. The zero-order valence-corrected chi connectivity index (χ0v) is 25.6. The average molecular weight is 691 g/mol. The van der Waals surface area contributed by atoms with Gasteiger partial charge in [-0.2, -0.15) is 0 Å². The summed E-state index contributed by atoms with van der Waals surface area (Å²) >= 11 is 0. The Hall–Kier alpha value is -0.130. The van der Waals surface area contributed by atoms with Crippen LogP contribution in [0.2, 0.25) is 0 Å². The molecule has 0 saturated carbocycles. The van der Waals surface area contributed by atoms with Crippen molar-refractivity contribution in [2.75, 3.05) is 13.1 Å². The first-order valence-electron chi connectivity index (χ1n) is 9.98. The van der Waals surface area contributed by atoms with E-state index in [-0.39, 0.29) is 59.8 Å². The van der Waals surface area contributed by atoms with Crippen LogP contribution in [0.1, 0.15) is 61.8 Å². The molecule has 5 heteroatoms. The molecule has 0 aliphatic heterocycles. The fraction of sp³-hybridized carbons (Fsp3) is 0.500. The van der Waals surface area contributed by atoms with E-state index in [0.717, 1.165) is 24.5 Å². The third kappa shape index (κ3) is 13.0. The van der Waals surface area contributed by atoms with Crippen molar-refractivity contribution >= 4 is 11.4 Å². The van der Waals surface area contributed by atoms with E-state index in [1.54, 1.807) is 0 Å². The van der Waals surface area contributed by atoms with Crippen molar-refractivity contribution < 1.29 is 59.8 Å².